The minimum Gasteiger partial charge on any atom is -0.497 e. The van der Waals surface area contributed by atoms with Gasteiger partial charge in [-0.2, -0.15) is 0 Å². The number of amides is 1. The molecule has 0 heterocycles. The lowest BCUT2D eigenvalue weighted by atomic mass is 10.1. The van der Waals surface area contributed by atoms with Crippen molar-refractivity contribution in [1.29, 1.82) is 0 Å². The van der Waals surface area contributed by atoms with Crippen molar-refractivity contribution in [2.45, 2.75) is 25.4 Å². The second-order valence-corrected chi connectivity index (χ2v) is 4.14. The Morgan fingerprint density at radius 2 is 2.33 bits per heavy atom. The lowest BCUT2D eigenvalue weighted by molar-refractivity contribution is -0.122. The third-order valence-corrected chi connectivity index (χ3v) is 2.71. The summed E-state index contributed by atoms with van der Waals surface area (Å²) in [6, 6.07) is 6.93. The monoisotopic (exact) mass is 248 g/mol. The first-order chi connectivity index (χ1) is 8.58. The van der Waals surface area contributed by atoms with E-state index in [0.29, 0.717) is 6.42 Å². The van der Waals surface area contributed by atoms with Crippen LogP contribution >= 0.6 is 0 Å². The van der Waals surface area contributed by atoms with Crippen LogP contribution in [0.15, 0.2) is 36.9 Å². The number of nitrogens with one attached hydrogen (secondary N) is 1. The van der Waals surface area contributed by atoms with Crippen molar-refractivity contribution >= 4 is 5.91 Å². The first-order valence-electron chi connectivity index (χ1n) is 5.89. The van der Waals surface area contributed by atoms with Gasteiger partial charge in [0.2, 0.25) is 5.91 Å². The third-order valence-electron chi connectivity index (χ3n) is 2.71. The minimum absolute atomic E-state index is 0.108. The van der Waals surface area contributed by atoms with Gasteiger partial charge in [0.25, 0.3) is 0 Å². The highest BCUT2D eigenvalue weighted by molar-refractivity contribution is 5.82. The van der Waals surface area contributed by atoms with E-state index in [9.17, 15) is 4.79 Å². The van der Waals surface area contributed by atoms with Gasteiger partial charge >= 0.3 is 0 Å². The summed E-state index contributed by atoms with van der Waals surface area (Å²) in [4.78, 5) is 11.8. The first kappa shape index (κ1) is 14.3. The molecule has 98 valence electrons. The SMILES string of the molecule is C=CCC(N)C(=O)NC(C)c1cccc(OC)c1. The summed E-state index contributed by atoms with van der Waals surface area (Å²) in [6.07, 6.45) is 2.11. The van der Waals surface area contributed by atoms with E-state index in [4.69, 9.17) is 10.5 Å². The largest absolute Gasteiger partial charge is 0.497 e. The Kier molecular flexibility index (Phi) is 5.39. The molecule has 2 atom stereocenters. The van der Waals surface area contributed by atoms with Crippen molar-refractivity contribution in [3.63, 3.8) is 0 Å². The average molecular weight is 248 g/mol. The Bertz CT molecular complexity index is 418. The summed E-state index contributed by atoms with van der Waals surface area (Å²) in [5.41, 5.74) is 6.68. The van der Waals surface area contributed by atoms with Crippen LogP contribution in [0.25, 0.3) is 0 Å². The Hall–Kier alpha value is -1.81. The maximum absolute atomic E-state index is 11.8. The zero-order valence-corrected chi connectivity index (χ0v) is 10.8. The van der Waals surface area contributed by atoms with Crippen LogP contribution in [0.4, 0.5) is 0 Å². The van der Waals surface area contributed by atoms with Crippen LogP contribution in [0.5, 0.6) is 5.75 Å². The van der Waals surface area contributed by atoms with Crippen LogP contribution in [0, 0.1) is 0 Å². The molecule has 1 aromatic rings. The molecule has 4 nitrogen and oxygen atoms in total. The smallest absolute Gasteiger partial charge is 0.237 e. The van der Waals surface area contributed by atoms with Crippen LogP contribution in [-0.4, -0.2) is 19.1 Å². The van der Waals surface area contributed by atoms with Gasteiger partial charge in [-0.1, -0.05) is 18.2 Å². The molecule has 0 fully saturated rings. The third kappa shape index (κ3) is 3.89. The molecule has 0 saturated carbocycles. The molecule has 0 spiro atoms. The molecule has 1 amide bonds. The highest BCUT2D eigenvalue weighted by Crippen LogP contribution is 2.18. The van der Waals surface area contributed by atoms with Gasteiger partial charge in [-0.05, 0) is 31.0 Å². The minimum atomic E-state index is -0.546. The van der Waals surface area contributed by atoms with Crippen LogP contribution in [0.3, 0.4) is 0 Å². The summed E-state index contributed by atoms with van der Waals surface area (Å²) in [5.74, 6) is 0.592. The standard InChI is InChI=1S/C14H20N2O2/c1-4-6-13(15)14(17)16-10(2)11-7-5-8-12(9-11)18-3/h4-5,7-10,13H,1,6,15H2,2-3H3,(H,16,17). The summed E-state index contributed by atoms with van der Waals surface area (Å²) in [5, 5.41) is 2.86. The Morgan fingerprint density at radius 1 is 1.61 bits per heavy atom. The summed E-state index contributed by atoms with van der Waals surface area (Å²) >= 11 is 0. The quantitative estimate of drug-likeness (QED) is 0.754. The molecule has 2 unspecified atom stereocenters. The van der Waals surface area contributed by atoms with Crippen molar-refractivity contribution < 1.29 is 9.53 Å². The van der Waals surface area contributed by atoms with Crippen LogP contribution in [-0.2, 0) is 4.79 Å². The second kappa shape index (κ2) is 6.81. The molecule has 0 saturated heterocycles. The number of rotatable bonds is 6. The maximum Gasteiger partial charge on any atom is 0.237 e. The highest BCUT2D eigenvalue weighted by Gasteiger charge is 2.15. The molecule has 0 aliphatic carbocycles. The predicted molar refractivity (Wildman–Crippen MR) is 72.3 cm³/mol. The van der Waals surface area contributed by atoms with E-state index in [1.54, 1.807) is 13.2 Å². The zero-order valence-electron chi connectivity index (χ0n) is 10.8. The lowest BCUT2D eigenvalue weighted by Gasteiger charge is -2.17. The van der Waals surface area contributed by atoms with Crippen molar-refractivity contribution in [1.82, 2.24) is 5.32 Å². The summed E-state index contributed by atoms with van der Waals surface area (Å²) in [7, 11) is 1.61. The molecule has 18 heavy (non-hydrogen) atoms. The van der Waals surface area contributed by atoms with Gasteiger partial charge in [0.05, 0.1) is 19.2 Å². The molecule has 1 rings (SSSR count). The number of methoxy groups -OCH3 is 1. The molecule has 4 heteroatoms. The number of ether oxygens (including phenoxy) is 1. The van der Waals surface area contributed by atoms with E-state index in [1.165, 1.54) is 0 Å². The second-order valence-electron chi connectivity index (χ2n) is 4.14. The summed E-state index contributed by atoms with van der Waals surface area (Å²) < 4.78 is 5.15. The lowest BCUT2D eigenvalue weighted by Crippen LogP contribution is -2.41. The van der Waals surface area contributed by atoms with Gasteiger partial charge in [-0.25, -0.2) is 0 Å². The fourth-order valence-electron chi connectivity index (χ4n) is 1.60. The number of hydrogen-bond acceptors (Lipinski definition) is 3. The normalized spacial score (nSPS) is 13.5. The Labute approximate surface area is 108 Å². The molecule has 0 bridgehead atoms. The maximum atomic E-state index is 11.8. The number of nitrogens with two attached hydrogens (primary N) is 1. The van der Waals surface area contributed by atoms with Gasteiger partial charge < -0.3 is 15.8 Å². The molecule has 0 aromatic heterocycles. The summed E-state index contributed by atoms with van der Waals surface area (Å²) in [6.45, 7) is 5.48. The van der Waals surface area contributed by atoms with Crippen LogP contribution < -0.4 is 15.8 Å². The van der Waals surface area contributed by atoms with Crippen molar-refractivity contribution in [3.8, 4) is 5.75 Å². The van der Waals surface area contributed by atoms with E-state index in [1.807, 2.05) is 31.2 Å². The molecule has 1 aromatic carbocycles. The van der Waals surface area contributed by atoms with E-state index >= 15 is 0 Å². The first-order valence-corrected chi connectivity index (χ1v) is 5.89. The van der Waals surface area contributed by atoms with E-state index in [0.717, 1.165) is 11.3 Å². The number of benzene rings is 1. The van der Waals surface area contributed by atoms with E-state index in [2.05, 4.69) is 11.9 Å². The van der Waals surface area contributed by atoms with Gasteiger partial charge in [0.1, 0.15) is 5.75 Å². The van der Waals surface area contributed by atoms with Gasteiger partial charge in [-0.15, -0.1) is 6.58 Å². The van der Waals surface area contributed by atoms with Crippen molar-refractivity contribution in [2.24, 2.45) is 5.73 Å². The molecule has 0 aliphatic heterocycles. The topological polar surface area (TPSA) is 64.4 Å². The van der Waals surface area contributed by atoms with Gasteiger partial charge in [0, 0.05) is 0 Å². The fourth-order valence-corrected chi connectivity index (χ4v) is 1.60. The zero-order chi connectivity index (χ0) is 13.5. The molecule has 0 radical (unpaired) electrons. The fraction of sp³-hybridized carbons (Fsp3) is 0.357. The van der Waals surface area contributed by atoms with E-state index < -0.39 is 6.04 Å². The van der Waals surface area contributed by atoms with Crippen LogP contribution in [0.2, 0.25) is 0 Å². The highest BCUT2D eigenvalue weighted by atomic mass is 16.5. The van der Waals surface area contributed by atoms with Crippen molar-refractivity contribution in [2.75, 3.05) is 7.11 Å². The van der Waals surface area contributed by atoms with Gasteiger partial charge in [0.15, 0.2) is 0 Å². The average Bonchev–Trinajstić information content (AvgIpc) is 2.39. The number of hydrogen-bond donors (Lipinski definition) is 2. The number of carbonyl (C=O) groups is 1. The van der Waals surface area contributed by atoms with E-state index in [-0.39, 0.29) is 11.9 Å². The predicted octanol–water partition coefficient (Wildman–Crippen LogP) is 1.78. The molecule has 0 aliphatic rings. The van der Waals surface area contributed by atoms with Crippen LogP contribution in [0.1, 0.15) is 24.9 Å². The Morgan fingerprint density at radius 3 is 2.94 bits per heavy atom. The Balaban J connectivity index is 2.66. The molecular formula is C14H20N2O2. The molecular weight excluding hydrogens is 228 g/mol. The van der Waals surface area contributed by atoms with Gasteiger partial charge in [-0.3, -0.25) is 4.79 Å². The van der Waals surface area contributed by atoms with Crippen molar-refractivity contribution in [3.05, 3.63) is 42.5 Å². The number of carbonyl (C=O) groups excluding carboxylic acids is 1. The molecule has 3 N–H and O–H groups in total.